The zero-order valence-electron chi connectivity index (χ0n) is 16.9. The van der Waals surface area contributed by atoms with Gasteiger partial charge in [0.2, 0.25) is 0 Å². The van der Waals surface area contributed by atoms with Crippen LogP contribution in [-0.4, -0.2) is 39.3 Å². The molecule has 0 fully saturated rings. The minimum atomic E-state index is -0.549. The van der Waals surface area contributed by atoms with Crippen LogP contribution in [0.3, 0.4) is 0 Å². The summed E-state index contributed by atoms with van der Waals surface area (Å²) in [4.78, 5) is 23.7. The molecule has 0 atom stereocenters. The van der Waals surface area contributed by atoms with E-state index >= 15 is 0 Å². The van der Waals surface area contributed by atoms with Crippen LogP contribution in [0.15, 0.2) is 48.0 Å². The number of hydrogen-bond acceptors (Lipinski definition) is 7. The fourth-order valence-corrected chi connectivity index (χ4v) is 2.40. The lowest BCUT2D eigenvalue weighted by Crippen LogP contribution is -2.13. The monoisotopic (exact) mass is 410 g/mol. The molecule has 0 saturated carbocycles. The SMILES string of the molecule is CCOc1ccc(NC(=O)/C(C#N)=C\c2ccc(OCC(=O)OC)c(OC)c2)cc1. The number of carbonyl (C=O) groups excluding carboxylic acids is 2. The summed E-state index contributed by atoms with van der Waals surface area (Å²) in [5.74, 6) is 0.285. The van der Waals surface area contributed by atoms with Crippen molar-refractivity contribution in [3.8, 4) is 23.3 Å². The number of rotatable bonds is 9. The van der Waals surface area contributed by atoms with Gasteiger partial charge in [-0.15, -0.1) is 0 Å². The Balaban J connectivity index is 2.14. The van der Waals surface area contributed by atoms with Crippen molar-refractivity contribution in [3.05, 3.63) is 53.6 Å². The van der Waals surface area contributed by atoms with Gasteiger partial charge in [0.25, 0.3) is 5.91 Å². The molecule has 0 radical (unpaired) electrons. The van der Waals surface area contributed by atoms with E-state index in [4.69, 9.17) is 14.2 Å². The van der Waals surface area contributed by atoms with Gasteiger partial charge < -0.3 is 24.3 Å². The number of amides is 1. The third-order valence-corrected chi connectivity index (χ3v) is 3.86. The molecule has 8 nitrogen and oxygen atoms in total. The van der Waals surface area contributed by atoms with Gasteiger partial charge in [0.15, 0.2) is 18.1 Å². The Hall–Kier alpha value is -3.99. The van der Waals surface area contributed by atoms with Crippen molar-refractivity contribution in [2.75, 3.05) is 32.8 Å². The zero-order valence-corrected chi connectivity index (χ0v) is 16.9. The molecule has 0 bridgehead atoms. The van der Waals surface area contributed by atoms with Crippen LogP contribution in [-0.2, 0) is 14.3 Å². The molecular weight excluding hydrogens is 388 g/mol. The van der Waals surface area contributed by atoms with Crippen LogP contribution in [0.4, 0.5) is 5.69 Å². The number of ether oxygens (including phenoxy) is 4. The molecule has 0 spiro atoms. The van der Waals surface area contributed by atoms with E-state index in [0.29, 0.717) is 35.1 Å². The number of anilines is 1. The van der Waals surface area contributed by atoms with Gasteiger partial charge in [-0.2, -0.15) is 5.26 Å². The number of esters is 1. The van der Waals surface area contributed by atoms with Crippen LogP contribution < -0.4 is 19.5 Å². The molecule has 156 valence electrons. The Labute approximate surface area is 174 Å². The summed E-state index contributed by atoms with van der Waals surface area (Å²) in [7, 11) is 2.70. The fraction of sp³-hybridized carbons (Fsp3) is 0.227. The predicted octanol–water partition coefficient (Wildman–Crippen LogP) is 3.19. The molecule has 0 aliphatic carbocycles. The second-order valence-corrected chi connectivity index (χ2v) is 5.86. The molecule has 2 rings (SSSR count). The van der Waals surface area contributed by atoms with Crippen molar-refractivity contribution in [2.24, 2.45) is 0 Å². The average Bonchev–Trinajstić information content (AvgIpc) is 2.77. The Morgan fingerprint density at radius 3 is 2.40 bits per heavy atom. The van der Waals surface area contributed by atoms with E-state index in [1.807, 2.05) is 13.0 Å². The maximum Gasteiger partial charge on any atom is 0.343 e. The molecule has 2 aromatic rings. The molecule has 0 aliphatic rings. The van der Waals surface area contributed by atoms with Gasteiger partial charge in [0.1, 0.15) is 17.4 Å². The van der Waals surface area contributed by atoms with E-state index in [0.717, 1.165) is 0 Å². The molecule has 30 heavy (non-hydrogen) atoms. The number of hydrogen-bond donors (Lipinski definition) is 1. The van der Waals surface area contributed by atoms with Crippen molar-refractivity contribution in [3.63, 3.8) is 0 Å². The Morgan fingerprint density at radius 2 is 1.80 bits per heavy atom. The third kappa shape index (κ3) is 6.27. The van der Waals surface area contributed by atoms with E-state index in [2.05, 4.69) is 10.1 Å². The first-order chi connectivity index (χ1) is 14.5. The van der Waals surface area contributed by atoms with Gasteiger partial charge in [-0.05, 0) is 55.0 Å². The van der Waals surface area contributed by atoms with E-state index < -0.39 is 11.9 Å². The number of carbonyl (C=O) groups is 2. The summed E-state index contributed by atoms with van der Waals surface area (Å²) in [6, 6.07) is 13.5. The van der Waals surface area contributed by atoms with Crippen molar-refractivity contribution < 1.29 is 28.5 Å². The van der Waals surface area contributed by atoms with E-state index in [-0.39, 0.29) is 12.2 Å². The van der Waals surface area contributed by atoms with Crippen LogP contribution in [0.25, 0.3) is 6.08 Å². The Kier molecular flexibility index (Phi) is 8.27. The lowest BCUT2D eigenvalue weighted by molar-refractivity contribution is -0.142. The second kappa shape index (κ2) is 11.1. The number of benzene rings is 2. The maximum absolute atomic E-state index is 12.5. The second-order valence-electron chi connectivity index (χ2n) is 5.86. The maximum atomic E-state index is 12.5. The highest BCUT2D eigenvalue weighted by Crippen LogP contribution is 2.29. The summed E-state index contributed by atoms with van der Waals surface area (Å²) in [5.41, 5.74) is 0.999. The summed E-state index contributed by atoms with van der Waals surface area (Å²) in [6.07, 6.45) is 1.43. The summed E-state index contributed by atoms with van der Waals surface area (Å²) >= 11 is 0. The van der Waals surface area contributed by atoms with Gasteiger partial charge in [0, 0.05) is 5.69 Å². The smallest absolute Gasteiger partial charge is 0.343 e. The first kappa shape index (κ1) is 22.3. The van der Waals surface area contributed by atoms with Gasteiger partial charge >= 0.3 is 5.97 Å². The molecule has 0 unspecified atom stereocenters. The molecule has 8 heteroatoms. The first-order valence-corrected chi connectivity index (χ1v) is 9.04. The topological polar surface area (TPSA) is 107 Å². The minimum Gasteiger partial charge on any atom is -0.494 e. The molecule has 1 amide bonds. The predicted molar refractivity (Wildman–Crippen MR) is 110 cm³/mol. The van der Waals surface area contributed by atoms with Crippen molar-refractivity contribution >= 4 is 23.6 Å². The molecule has 0 saturated heterocycles. The highest BCUT2D eigenvalue weighted by atomic mass is 16.6. The standard InChI is InChI=1S/C22H22N2O6/c1-4-29-18-8-6-17(7-9-18)24-22(26)16(13-23)11-15-5-10-19(20(12-15)27-2)30-14-21(25)28-3/h5-12H,4,14H2,1-3H3,(H,24,26)/b16-11-. The summed E-state index contributed by atoms with van der Waals surface area (Å²) < 4.78 is 20.5. The third-order valence-electron chi connectivity index (χ3n) is 3.86. The number of nitriles is 1. The lowest BCUT2D eigenvalue weighted by Gasteiger charge is -2.10. The quantitative estimate of drug-likeness (QED) is 0.384. The van der Waals surface area contributed by atoms with Gasteiger partial charge in [0.05, 0.1) is 20.8 Å². The van der Waals surface area contributed by atoms with Crippen LogP contribution in [0.2, 0.25) is 0 Å². The largest absolute Gasteiger partial charge is 0.494 e. The van der Waals surface area contributed by atoms with Crippen LogP contribution >= 0.6 is 0 Å². The van der Waals surface area contributed by atoms with E-state index in [1.54, 1.807) is 42.5 Å². The van der Waals surface area contributed by atoms with Gasteiger partial charge in [-0.1, -0.05) is 6.07 Å². The molecular formula is C22H22N2O6. The van der Waals surface area contributed by atoms with Crippen LogP contribution in [0, 0.1) is 11.3 Å². The summed E-state index contributed by atoms with van der Waals surface area (Å²) in [5, 5.41) is 12.1. The number of methoxy groups -OCH3 is 2. The van der Waals surface area contributed by atoms with Gasteiger partial charge in [-0.25, -0.2) is 4.79 Å². The lowest BCUT2D eigenvalue weighted by atomic mass is 10.1. The molecule has 1 N–H and O–H groups in total. The Bertz CT molecular complexity index is 961. The molecule has 0 heterocycles. The first-order valence-electron chi connectivity index (χ1n) is 9.04. The minimum absolute atomic E-state index is 0.0887. The summed E-state index contributed by atoms with van der Waals surface area (Å²) in [6.45, 7) is 2.16. The van der Waals surface area contributed by atoms with E-state index in [1.165, 1.54) is 20.3 Å². The zero-order chi connectivity index (χ0) is 21.9. The highest BCUT2D eigenvalue weighted by molar-refractivity contribution is 6.09. The number of nitrogens with zero attached hydrogens (tertiary/aromatic N) is 1. The molecule has 0 aromatic heterocycles. The van der Waals surface area contributed by atoms with Crippen molar-refractivity contribution in [1.29, 1.82) is 5.26 Å². The van der Waals surface area contributed by atoms with Gasteiger partial charge in [-0.3, -0.25) is 4.79 Å². The normalized spacial score (nSPS) is 10.5. The molecule has 0 aliphatic heterocycles. The Morgan fingerprint density at radius 1 is 1.07 bits per heavy atom. The number of nitrogens with one attached hydrogen (secondary N) is 1. The fourth-order valence-electron chi connectivity index (χ4n) is 2.40. The van der Waals surface area contributed by atoms with Crippen molar-refractivity contribution in [2.45, 2.75) is 6.92 Å². The van der Waals surface area contributed by atoms with Crippen LogP contribution in [0.1, 0.15) is 12.5 Å². The van der Waals surface area contributed by atoms with Crippen LogP contribution in [0.5, 0.6) is 17.2 Å². The average molecular weight is 410 g/mol. The molecule has 2 aromatic carbocycles. The van der Waals surface area contributed by atoms with Crippen molar-refractivity contribution in [1.82, 2.24) is 0 Å². The van der Waals surface area contributed by atoms with E-state index in [9.17, 15) is 14.9 Å². The highest BCUT2D eigenvalue weighted by Gasteiger charge is 2.12.